The van der Waals surface area contributed by atoms with E-state index in [2.05, 4.69) is 5.32 Å². The van der Waals surface area contributed by atoms with E-state index in [1.807, 2.05) is 0 Å². The number of likely N-dealkylation sites (N-methyl/N-ethyl adjacent to an activating group) is 1. The zero-order chi connectivity index (χ0) is 16.8. The summed E-state index contributed by atoms with van der Waals surface area (Å²) in [4.78, 5) is 25.7. The number of benzene rings is 1. The lowest BCUT2D eigenvalue weighted by Crippen LogP contribution is -2.36. The smallest absolute Gasteiger partial charge is 0.243 e. The van der Waals surface area contributed by atoms with Gasteiger partial charge in [-0.25, -0.2) is 0 Å². The van der Waals surface area contributed by atoms with Crippen molar-refractivity contribution in [1.29, 1.82) is 0 Å². The van der Waals surface area contributed by atoms with Crippen LogP contribution in [-0.4, -0.2) is 30.3 Å². The van der Waals surface area contributed by atoms with E-state index in [1.165, 1.54) is 24.2 Å². The number of anilines is 1. The van der Waals surface area contributed by atoms with Crippen molar-refractivity contribution in [2.45, 2.75) is 38.5 Å². The van der Waals surface area contributed by atoms with Gasteiger partial charge in [-0.05, 0) is 37.0 Å². The van der Waals surface area contributed by atoms with Crippen molar-refractivity contribution in [1.82, 2.24) is 4.90 Å². The average Bonchev–Trinajstić information content (AvgIpc) is 2.51. The second kappa shape index (κ2) is 8.55. The summed E-state index contributed by atoms with van der Waals surface area (Å²) in [6.45, 7) is 0.0335. The zero-order valence-electron chi connectivity index (χ0n) is 13.3. The molecule has 0 atom stereocenters. The molecule has 4 nitrogen and oxygen atoms in total. The second-order valence-electron chi connectivity index (χ2n) is 6.14. The molecule has 1 saturated carbocycles. The number of nitrogens with one attached hydrogen (secondary N) is 1. The van der Waals surface area contributed by atoms with E-state index in [4.69, 9.17) is 23.2 Å². The monoisotopic (exact) mass is 356 g/mol. The Morgan fingerprint density at radius 2 is 1.87 bits per heavy atom. The van der Waals surface area contributed by atoms with E-state index < -0.39 is 0 Å². The molecule has 0 unspecified atom stereocenters. The molecule has 1 fully saturated rings. The van der Waals surface area contributed by atoms with Gasteiger partial charge in [0.15, 0.2) is 0 Å². The Kier molecular flexibility index (Phi) is 6.72. The number of carbonyl (C=O) groups is 2. The van der Waals surface area contributed by atoms with Crippen LogP contribution in [-0.2, 0) is 9.59 Å². The summed E-state index contributed by atoms with van der Waals surface area (Å²) in [7, 11) is 1.67. The molecule has 0 aliphatic heterocycles. The van der Waals surface area contributed by atoms with E-state index in [9.17, 15) is 9.59 Å². The van der Waals surface area contributed by atoms with Crippen molar-refractivity contribution in [3.05, 3.63) is 28.2 Å². The van der Waals surface area contributed by atoms with Gasteiger partial charge >= 0.3 is 0 Å². The van der Waals surface area contributed by atoms with Gasteiger partial charge in [-0.3, -0.25) is 9.59 Å². The zero-order valence-corrected chi connectivity index (χ0v) is 14.8. The van der Waals surface area contributed by atoms with Crippen LogP contribution in [0.25, 0.3) is 0 Å². The van der Waals surface area contributed by atoms with Crippen molar-refractivity contribution in [3.63, 3.8) is 0 Å². The van der Waals surface area contributed by atoms with Crippen LogP contribution in [0.5, 0.6) is 0 Å². The molecular formula is C17H22Cl2N2O2. The first-order chi connectivity index (χ1) is 11.0. The predicted octanol–water partition coefficient (Wildman–Crippen LogP) is 4.36. The largest absolute Gasteiger partial charge is 0.336 e. The first-order valence-corrected chi connectivity index (χ1v) is 8.70. The third kappa shape index (κ3) is 5.70. The number of nitrogens with zero attached hydrogens (tertiary/aromatic N) is 1. The van der Waals surface area contributed by atoms with Gasteiger partial charge < -0.3 is 10.2 Å². The highest BCUT2D eigenvalue weighted by molar-refractivity contribution is 6.42. The first kappa shape index (κ1) is 18.1. The summed E-state index contributed by atoms with van der Waals surface area (Å²) in [5.41, 5.74) is 0.567. The molecule has 1 aromatic carbocycles. The Morgan fingerprint density at radius 3 is 2.52 bits per heavy atom. The molecule has 0 radical (unpaired) electrons. The number of hydrogen-bond acceptors (Lipinski definition) is 2. The Bertz CT molecular complexity index is 572. The van der Waals surface area contributed by atoms with Crippen molar-refractivity contribution >= 4 is 40.7 Å². The molecule has 0 spiro atoms. The van der Waals surface area contributed by atoms with Crippen LogP contribution in [0.15, 0.2) is 18.2 Å². The highest BCUT2D eigenvalue weighted by Crippen LogP contribution is 2.27. The van der Waals surface area contributed by atoms with Crippen molar-refractivity contribution in [2.75, 3.05) is 18.9 Å². The van der Waals surface area contributed by atoms with Gasteiger partial charge in [-0.1, -0.05) is 42.5 Å². The van der Waals surface area contributed by atoms with E-state index in [-0.39, 0.29) is 18.4 Å². The molecule has 0 aromatic heterocycles. The maximum absolute atomic E-state index is 12.2. The Morgan fingerprint density at radius 1 is 1.17 bits per heavy atom. The summed E-state index contributed by atoms with van der Waals surface area (Å²) in [5, 5.41) is 3.54. The van der Waals surface area contributed by atoms with E-state index in [0.717, 1.165) is 12.8 Å². The highest BCUT2D eigenvalue weighted by atomic mass is 35.5. The summed E-state index contributed by atoms with van der Waals surface area (Å²) in [5.74, 6) is 0.251. The van der Waals surface area contributed by atoms with Crippen LogP contribution in [0, 0.1) is 5.92 Å². The van der Waals surface area contributed by atoms with Gasteiger partial charge in [0.05, 0.1) is 16.6 Å². The van der Waals surface area contributed by atoms with Gasteiger partial charge in [0, 0.05) is 19.2 Å². The van der Waals surface area contributed by atoms with Gasteiger partial charge in [0.25, 0.3) is 0 Å². The van der Waals surface area contributed by atoms with Crippen LogP contribution in [0.4, 0.5) is 5.69 Å². The summed E-state index contributed by atoms with van der Waals surface area (Å²) in [6.07, 6.45) is 6.46. The third-order valence-corrected chi connectivity index (χ3v) is 4.94. The Balaban J connectivity index is 1.81. The Labute approximate surface area is 147 Å². The van der Waals surface area contributed by atoms with Crippen LogP contribution in [0.1, 0.15) is 38.5 Å². The summed E-state index contributed by atoms with van der Waals surface area (Å²) in [6, 6.07) is 4.89. The van der Waals surface area contributed by atoms with E-state index in [1.54, 1.807) is 25.2 Å². The molecule has 0 saturated heterocycles. The number of hydrogen-bond donors (Lipinski definition) is 1. The van der Waals surface area contributed by atoms with Gasteiger partial charge in [-0.2, -0.15) is 0 Å². The van der Waals surface area contributed by atoms with Crippen LogP contribution in [0.3, 0.4) is 0 Å². The third-order valence-electron chi connectivity index (χ3n) is 4.20. The number of rotatable bonds is 5. The summed E-state index contributed by atoms with van der Waals surface area (Å²) < 4.78 is 0. The van der Waals surface area contributed by atoms with Crippen LogP contribution >= 0.6 is 23.2 Å². The predicted molar refractivity (Wildman–Crippen MR) is 93.9 cm³/mol. The first-order valence-electron chi connectivity index (χ1n) is 7.94. The number of halogens is 2. The molecular weight excluding hydrogens is 335 g/mol. The van der Waals surface area contributed by atoms with E-state index in [0.29, 0.717) is 28.1 Å². The van der Waals surface area contributed by atoms with Crippen molar-refractivity contribution in [2.24, 2.45) is 5.92 Å². The maximum atomic E-state index is 12.2. The minimum Gasteiger partial charge on any atom is -0.336 e. The molecule has 0 bridgehead atoms. The van der Waals surface area contributed by atoms with Crippen molar-refractivity contribution in [3.8, 4) is 0 Å². The van der Waals surface area contributed by atoms with Gasteiger partial charge in [0.2, 0.25) is 11.8 Å². The van der Waals surface area contributed by atoms with Gasteiger partial charge in [-0.15, -0.1) is 0 Å². The summed E-state index contributed by atoms with van der Waals surface area (Å²) >= 11 is 11.8. The lowest BCUT2D eigenvalue weighted by atomic mass is 9.87. The fraction of sp³-hybridized carbons (Fsp3) is 0.529. The fourth-order valence-electron chi connectivity index (χ4n) is 2.87. The Hall–Kier alpha value is -1.26. The van der Waals surface area contributed by atoms with Gasteiger partial charge in [0.1, 0.15) is 0 Å². The van der Waals surface area contributed by atoms with E-state index >= 15 is 0 Å². The quantitative estimate of drug-likeness (QED) is 0.851. The molecule has 1 aliphatic rings. The minimum atomic E-state index is -0.247. The highest BCUT2D eigenvalue weighted by Gasteiger charge is 2.20. The normalized spacial score (nSPS) is 15.3. The lowest BCUT2D eigenvalue weighted by molar-refractivity contribution is -0.134. The molecule has 2 amide bonds. The SMILES string of the molecule is CN(CC(=O)Nc1ccc(Cl)c(Cl)c1)C(=O)CC1CCCCC1. The molecule has 1 aliphatic carbocycles. The fourth-order valence-corrected chi connectivity index (χ4v) is 3.17. The molecule has 23 heavy (non-hydrogen) atoms. The lowest BCUT2D eigenvalue weighted by Gasteiger charge is -2.24. The van der Waals surface area contributed by atoms with Crippen molar-refractivity contribution < 1.29 is 9.59 Å². The number of carbonyl (C=O) groups excluding carboxylic acids is 2. The average molecular weight is 357 g/mol. The van der Waals surface area contributed by atoms with Crippen LogP contribution < -0.4 is 5.32 Å². The molecule has 0 heterocycles. The minimum absolute atomic E-state index is 0.0289. The molecule has 2 rings (SSSR count). The molecule has 1 aromatic rings. The number of amides is 2. The second-order valence-corrected chi connectivity index (χ2v) is 6.95. The molecule has 126 valence electrons. The molecule has 1 N–H and O–H groups in total. The molecule has 6 heteroatoms. The van der Waals surface area contributed by atoms with Crippen LogP contribution in [0.2, 0.25) is 10.0 Å². The maximum Gasteiger partial charge on any atom is 0.243 e. The topological polar surface area (TPSA) is 49.4 Å². The standard InChI is InChI=1S/C17H22Cl2N2O2/c1-21(17(23)9-12-5-3-2-4-6-12)11-16(22)20-13-7-8-14(18)15(19)10-13/h7-8,10,12H,2-6,9,11H2,1H3,(H,20,22).